The van der Waals surface area contributed by atoms with E-state index >= 15 is 0 Å². The Bertz CT molecular complexity index is 604. The molecule has 98 valence electrons. The highest BCUT2D eigenvalue weighted by Gasteiger charge is 2.45. The number of hydrogen-bond donors (Lipinski definition) is 1. The molecule has 0 saturated carbocycles. The van der Waals surface area contributed by atoms with Crippen molar-refractivity contribution in [3.8, 4) is 6.07 Å². The molecule has 0 aliphatic carbocycles. The van der Waals surface area contributed by atoms with E-state index in [0.29, 0.717) is 5.56 Å². The molecule has 0 bridgehead atoms. The second kappa shape index (κ2) is 4.35. The number of benzene rings is 1. The molecule has 1 saturated heterocycles. The van der Waals surface area contributed by atoms with Crippen LogP contribution >= 0.6 is 0 Å². The van der Waals surface area contributed by atoms with Crippen molar-refractivity contribution in [1.29, 1.82) is 5.26 Å². The number of carbonyl (C=O) groups is 2. The van der Waals surface area contributed by atoms with Crippen molar-refractivity contribution in [1.82, 2.24) is 10.2 Å². The van der Waals surface area contributed by atoms with Crippen molar-refractivity contribution >= 4 is 11.9 Å². The summed E-state index contributed by atoms with van der Waals surface area (Å²) in [5.74, 6) is -0.979. The summed E-state index contributed by atoms with van der Waals surface area (Å²) >= 11 is 0. The SMILES string of the molecule is CC1(C)C(=O)NC(=O)N1Cc1ccc(F)c(C#N)c1. The van der Waals surface area contributed by atoms with Crippen molar-refractivity contribution < 1.29 is 14.0 Å². The van der Waals surface area contributed by atoms with E-state index in [2.05, 4.69) is 5.32 Å². The van der Waals surface area contributed by atoms with Crippen LogP contribution in [0.3, 0.4) is 0 Å². The molecule has 3 amide bonds. The first-order chi connectivity index (χ1) is 8.86. The van der Waals surface area contributed by atoms with Crippen molar-refractivity contribution in [3.05, 3.63) is 35.1 Å². The van der Waals surface area contributed by atoms with E-state index in [-0.39, 0.29) is 18.0 Å². The van der Waals surface area contributed by atoms with E-state index < -0.39 is 17.4 Å². The minimum atomic E-state index is -0.960. The van der Waals surface area contributed by atoms with Crippen molar-refractivity contribution in [2.75, 3.05) is 0 Å². The first-order valence-electron chi connectivity index (χ1n) is 5.68. The Morgan fingerprint density at radius 3 is 2.63 bits per heavy atom. The number of nitrogens with one attached hydrogen (secondary N) is 1. The van der Waals surface area contributed by atoms with Crippen LogP contribution in [0.15, 0.2) is 18.2 Å². The largest absolute Gasteiger partial charge is 0.325 e. The van der Waals surface area contributed by atoms with Gasteiger partial charge < -0.3 is 4.90 Å². The minimum Gasteiger partial charge on any atom is -0.306 e. The number of halogens is 1. The summed E-state index contributed by atoms with van der Waals surface area (Å²) in [5, 5.41) is 11.0. The summed E-state index contributed by atoms with van der Waals surface area (Å²) in [6, 6.07) is 5.29. The van der Waals surface area contributed by atoms with Crippen LogP contribution in [-0.4, -0.2) is 22.4 Å². The zero-order chi connectivity index (χ0) is 14.2. The maximum atomic E-state index is 13.2. The van der Waals surface area contributed by atoms with Gasteiger partial charge in [0.1, 0.15) is 17.4 Å². The zero-order valence-corrected chi connectivity index (χ0v) is 10.5. The molecule has 0 unspecified atom stereocenters. The van der Waals surface area contributed by atoms with Gasteiger partial charge in [0.05, 0.1) is 5.56 Å². The number of imide groups is 1. The highest BCUT2D eigenvalue weighted by molar-refractivity contribution is 6.06. The van der Waals surface area contributed by atoms with Crippen molar-refractivity contribution in [2.24, 2.45) is 0 Å². The maximum absolute atomic E-state index is 13.2. The maximum Gasteiger partial charge on any atom is 0.325 e. The average Bonchev–Trinajstić information content (AvgIpc) is 2.54. The quantitative estimate of drug-likeness (QED) is 0.820. The lowest BCUT2D eigenvalue weighted by Gasteiger charge is -2.27. The predicted octanol–water partition coefficient (Wildman–Crippen LogP) is 1.53. The summed E-state index contributed by atoms with van der Waals surface area (Å²) in [4.78, 5) is 24.6. The van der Waals surface area contributed by atoms with Gasteiger partial charge >= 0.3 is 6.03 Å². The fourth-order valence-corrected chi connectivity index (χ4v) is 1.90. The molecule has 0 radical (unpaired) electrons. The lowest BCUT2D eigenvalue weighted by molar-refractivity contribution is -0.125. The van der Waals surface area contributed by atoms with E-state index in [1.807, 2.05) is 0 Å². The molecule has 1 N–H and O–H groups in total. The van der Waals surface area contributed by atoms with Crippen molar-refractivity contribution in [2.45, 2.75) is 25.9 Å². The van der Waals surface area contributed by atoms with Gasteiger partial charge in [0, 0.05) is 6.54 Å². The lowest BCUT2D eigenvalue weighted by Crippen LogP contribution is -2.43. The van der Waals surface area contributed by atoms with E-state index in [1.54, 1.807) is 19.9 Å². The number of amides is 3. The molecular formula is C13H12FN3O2. The Morgan fingerprint density at radius 1 is 1.42 bits per heavy atom. The summed E-state index contributed by atoms with van der Waals surface area (Å²) in [6.45, 7) is 3.39. The molecule has 1 aliphatic rings. The highest BCUT2D eigenvalue weighted by atomic mass is 19.1. The van der Waals surface area contributed by atoms with Gasteiger partial charge in [0.15, 0.2) is 0 Å². The van der Waals surface area contributed by atoms with Crippen LogP contribution < -0.4 is 5.32 Å². The zero-order valence-electron chi connectivity index (χ0n) is 10.5. The second-order valence-corrected chi connectivity index (χ2v) is 4.83. The molecular weight excluding hydrogens is 249 g/mol. The molecule has 0 aromatic heterocycles. The number of hydrogen-bond acceptors (Lipinski definition) is 3. The third-order valence-electron chi connectivity index (χ3n) is 3.19. The van der Waals surface area contributed by atoms with Crippen LogP contribution in [0, 0.1) is 17.1 Å². The molecule has 1 heterocycles. The number of nitrogens with zero attached hydrogens (tertiary/aromatic N) is 2. The molecule has 0 spiro atoms. The Balaban J connectivity index is 2.29. The fraction of sp³-hybridized carbons (Fsp3) is 0.308. The third-order valence-corrected chi connectivity index (χ3v) is 3.19. The van der Waals surface area contributed by atoms with Gasteiger partial charge in [-0.3, -0.25) is 10.1 Å². The number of rotatable bonds is 2. The molecule has 1 aliphatic heterocycles. The Kier molecular flexibility index (Phi) is 2.98. The molecule has 1 aromatic carbocycles. The summed E-state index contributed by atoms with van der Waals surface area (Å²) in [7, 11) is 0. The lowest BCUT2D eigenvalue weighted by atomic mass is 10.0. The first-order valence-corrected chi connectivity index (χ1v) is 5.68. The van der Waals surface area contributed by atoms with Crippen LogP contribution in [0.5, 0.6) is 0 Å². The number of urea groups is 1. The monoisotopic (exact) mass is 261 g/mol. The Morgan fingerprint density at radius 2 is 2.11 bits per heavy atom. The Hall–Kier alpha value is -2.42. The molecule has 1 fully saturated rings. The topological polar surface area (TPSA) is 73.2 Å². The van der Waals surface area contributed by atoms with Gasteiger partial charge in [0.25, 0.3) is 5.91 Å². The van der Waals surface area contributed by atoms with Crippen LogP contribution in [-0.2, 0) is 11.3 Å². The van der Waals surface area contributed by atoms with Gasteiger partial charge in [-0.25, -0.2) is 9.18 Å². The first kappa shape index (κ1) is 13.0. The standard InChI is InChI=1S/C13H12FN3O2/c1-13(2)11(18)16-12(19)17(13)7-8-3-4-10(14)9(5-8)6-15/h3-5H,7H2,1-2H3,(H,16,18,19). The number of carbonyl (C=O) groups excluding carboxylic acids is 2. The van der Waals surface area contributed by atoms with Crippen molar-refractivity contribution in [3.63, 3.8) is 0 Å². The molecule has 6 heteroatoms. The van der Waals surface area contributed by atoms with Gasteiger partial charge in [-0.2, -0.15) is 5.26 Å². The van der Waals surface area contributed by atoms with Crippen LogP contribution in [0.2, 0.25) is 0 Å². The molecule has 5 nitrogen and oxygen atoms in total. The third kappa shape index (κ3) is 2.15. The second-order valence-electron chi connectivity index (χ2n) is 4.83. The Labute approximate surface area is 109 Å². The van der Waals surface area contributed by atoms with Crippen LogP contribution in [0.4, 0.5) is 9.18 Å². The fourth-order valence-electron chi connectivity index (χ4n) is 1.90. The summed E-state index contributed by atoms with van der Waals surface area (Å²) < 4.78 is 13.2. The summed E-state index contributed by atoms with van der Waals surface area (Å²) in [5.41, 5.74) is -0.449. The molecule has 1 aromatic rings. The van der Waals surface area contributed by atoms with E-state index in [4.69, 9.17) is 5.26 Å². The van der Waals surface area contributed by atoms with Crippen LogP contribution in [0.1, 0.15) is 25.0 Å². The van der Waals surface area contributed by atoms with Gasteiger partial charge in [-0.15, -0.1) is 0 Å². The van der Waals surface area contributed by atoms with E-state index in [0.717, 1.165) is 0 Å². The molecule has 0 atom stereocenters. The minimum absolute atomic E-state index is 0.0822. The average molecular weight is 261 g/mol. The highest BCUT2D eigenvalue weighted by Crippen LogP contribution is 2.24. The smallest absolute Gasteiger partial charge is 0.306 e. The number of nitriles is 1. The van der Waals surface area contributed by atoms with E-state index in [1.165, 1.54) is 23.1 Å². The summed E-state index contributed by atoms with van der Waals surface area (Å²) in [6.07, 6.45) is 0. The van der Waals surface area contributed by atoms with E-state index in [9.17, 15) is 14.0 Å². The predicted molar refractivity (Wildman–Crippen MR) is 64.3 cm³/mol. The van der Waals surface area contributed by atoms with Crippen LogP contribution in [0.25, 0.3) is 0 Å². The normalized spacial score (nSPS) is 17.3. The van der Waals surface area contributed by atoms with Gasteiger partial charge in [0.2, 0.25) is 0 Å². The van der Waals surface area contributed by atoms with Gasteiger partial charge in [-0.1, -0.05) is 6.07 Å². The van der Waals surface area contributed by atoms with Gasteiger partial charge in [-0.05, 0) is 31.5 Å². The molecule has 2 rings (SSSR count). The molecule has 19 heavy (non-hydrogen) atoms.